The first-order chi connectivity index (χ1) is 10.3. The molecule has 0 spiro atoms. The minimum atomic E-state index is -0.00288. The van der Waals surface area contributed by atoms with E-state index < -0.39 is 0 Å². The minimum Gasteiger partial charge on any atom is -0.378 e. The van der Waals surface area contributed by atoms with E-state index in [4.69, 9.17) is 4.74 Å². The molecule has 22 heavy (non-hydrogen) atoms. The molecule has 0 saturated heterocycles. The van der Waals surface area contributed by atoms with Crippen molar-refractivity contribution in [3.8, 4) is 0 Å². The van der Waals surface area contributed by atoms with Crippen LogP contribution in [-0.2, 0) is 9.53 Å². The Bertz CT molecular complexity index is 541. The first kappa shape index (κ1) is 18.2. The van der Waals surface area contributed by atoms with E-state index in [0.29, 0.717) is 0 Å². The van der Waals surface area contributed by atoms with Gasteiger partial charge in [0.2, 0.25) is 0 Å². The van der Waals surface area contributed by atoms with Gasteiger partial charge in [0.15, 0.2) is 5.78 Å². The number of allylic oxidation sites excluding steroid dienone is 3. The summed E-state index contributed by atoms with van der Waals surface area (Å²) in [6, 6.07) is 8.41. The van der Waals surface area contributed by atoms with Crippen LogP contribution in [0.1, 0.15) is 32.4 Å². The molecule has 3 nitrogen and oxygen atoms in total. The zero-order valence-corrected chi connectivity index (χ0v) is 14.5. The SMILES string of the molecule is COC(c1ccc(N(C)C)cc1)C(C)/C=C(C)/C=C/C(C)=O. The molecule has 2 atom stereocenters. The summed E-state index contributed by atoms with van der Waals surface area (Å²) >= 11 is 0. The number of ketones is 1. The zero-order valence-electron chi connectivity index (χ0n) is 14.5. The van der Waals surface area contributed by atoms with Gasteiger partial charge in [-0.25, -0.2) is 0 Å². The fraction of sp³-hybridized carbons (Fsp3) is 0.421. The summed E-state index contributed by atoms with van der Waals surface area (Å²) in [5.74, 6) is 0.273. The molecule has 0 fully saturated rings. The van der Waals surface area contributed by atoms with Gasteiger partial charge in [0.05, 0.1) is 6.10 Å². The average molecular weight is 301 g/mol. The van der Waals surface area contributed by atoms with Crippen molar-refractivity contribution < 1.29 is 9.53 Å². The first-order valence-electron chi connectivity index (χ1n) is 7.52. The van der Waals surface area contributed by atoms with Crippen molar-refractivity contribution in [3.63, 3.8) is 0 Å². The van der Waals surface area contributed by atoms with Gasteiger partial charge in [0.25, 0.3) is 0 Å². The third-order valence-corrected chi connectivity index (χ3v) is 3.58. The van der Waals surface area contributed by atoms with Gasteiger partial charge in [-0.1, -0.05) is 36.8 Å². The van der Waals surface area contributed by atoms with Crippen LogP contribution in [0.25, 0.3) is 0 Å². The van der Waals surface area contributed by atoms with E-state index >= 15 is 0 Å². The number of hydrogen-bond donors (Lipinski definition) is 0. The molecule has 3 heteroatoms. The van der Waals surface area contributed by atoms with Crippen molar-refractivity contribution in [2.45, 2.75) is 26.9 Å². The molecule has 1 aromatic rings. The third kappa shape index (κ3) is 5.49. The molecule has 120 valence electrons. The summed E-state index contributed by atoms with van der Waals surface area (Å²) in [7, 11) is 5.79. The van der Waals surface area contributed by atoms with Gasteiger partial charge in [0.1, 0.15) is 0 Å². The molecule has 0 heterocycles. The smallest absolute Gasteiger partial charge is 0.152 e. The Morgan fingerprint density at radius 1 is 1.14 bits per heavy atom. The van der Waals surface area contributed by atoms with E-state index in [-0.39, 0.29) is 17.8 Å². The number of rotatable bonds is 7. The maximum absolute atomic E-state index is 11.0. The van der Waals surface area contributed by atoms with Gasteiger partial charge in [-0.2, -0.15) is 0 Å². The molecule has 0 aliphatic heterocycles. The van der Waals surface area contributed by atoms with Gasteiger partial charge < -0.3 is 9.64 Å². The lowest BCUT2D eigenvalue weighted by Gasteiger charge is -2.22. The number of benzene rings is 1. The van der Waals surface area contributed by atoms with Crippen LogP contribution in [0.15, 0.2) is 48.1 Å². The van der Waals surface area contributed by atoms with Crippen LogP contribution in [0, 0.1) is 5.92 Å². The fourth-order valence-electron chi connectivity index (χ4n) is 2.42. The second-order valence-electron chi connectivity index (χ2n) is 5.86. The molecule has 0 saturated carbocycles. The predicted octanol–water partition coefficient (Wildman–Crippen LogP) is 4.17. The molecular formula is C19H27NO2. The number of carbonyl (C=O) groups is 1. The van der Waals surface area contributed by atoms with Gasteiger partial charge in [-0.3, -0.25) is 4.79 Å². The van der Waals surface area contributed by atoms with Crippen molar-refractivity contribution in [3.05, 3.63) is 53.6 Å². The molecule has 0 N–H and O–H groups in total. The van der Waals surface area contributed by atoms with Crippen LogP contribution in [0.5, 0.6) is 0 Å². The Labute approximate surface area is 134 Å². The first-order valence-corrected chi connectivity index (χ1v) is 7.52. The number of hydrogen-bond acceptors (Lipinski definition) is 3. The minimum absolute atomic E-state index is 0.00288. The highest BCUT2D eigenvalue weighted by Crippen LogP contribution is 2.28. The number of nitrogens with zero attached hydrogens (tertiary/aromatic N) is 1. The molecule has 0 radical (unpaired) electrons. The van der Waals surface area contributed by atoms with Crippen LogP contribution in [-0.4, -0.2) is 27.0 Å². The van der Waals surface area contributed by atoms with Gasteiger partial charge >= 0.3 is 0 Å². The molecule has 0 bridgehead atoms. The van der Waals surface area contributed by atoms with E-state index in [2.05, 4.69) is 42.2 Å². The highest BCUT2D eigenvalue weighted by molar-refractivity contribution is 5.87. The van der Waals surface area contributed by atoms with E-state index in [1.165, 1.54) is 5.69 Å². The fourth-order valence-corrected chi connectivity index (χ4v) is 2.42. The number of methoxy groups -OCH3 is 1. The van der Waals surface area contributed by atoms with Crippen molar-refractivity contribution in [2.24, 2.45) is 5.92 Å². The second-order valence-corrected chi connectivity index (χ2v) is 5.86. The molecular weight excluding hydrogens is 274 g/mol. The highest BCUT2D eigenvalue weighted by atomic mass is 16.5. The Balaban J connectivity index is 2.90. The lowest BCUT2D eigenvalue weighted by molar-refractivity contribution is -0.112. The summed E-state index contributed by atoms with van der Waals surface area (Å²) in [5.41, 5.74) is 3.39. The van der Waals surface area contributed by atoms with Crippen molar-refractivity contribution >= 4 is 11.5 Å². The van der Waals surface area contributed by atoms with Crippen molar-refractivity contribution in [2.75, 3.05) is 26.1 Å². The lowest BCUT2D eigenvalue weighted by atomic mass is 9.95. The van der Waals surface area contributed by atoms with Gasteiger partial charge in [-0.05, 0) is 37.6 Å². The molecule has 1 aromatic carbocycles. The highest BCUT2D eigenvalue weighted by Gasteiger charge is 2.17. The van der Waals surface area contributed by atoms with Crippen LogP contribution in [0.2, 0.25) is 0 Å². The van der Waals surface area contributed by atoms with Crippen LogP contribution < -0.4 is 4.90 Å². The molecule has 0 aromatic heterocycles. The van der Waals surface area contributed by atoms with Crippen molar-refractivity contribution in [1.29, 1.82) is 0 Å². The predicted molar refractivity (Wildman–Crippen MR) is 93.3 cm³/mol. The summed E-state index contributed by atoms with van der Waals surface area (Å²) < 4.78 is 5.68. The Morgan fingerprint density at radius 2 is 1.73 bits per heavy atom. The van der Waals surface area contributed by atoms with Gasteiger partial charge in [0, 0.05) is 32.8 Å². The Morgan fingerprint density at radius 3 is 2.18 bits per heavy atom. The van der Waals surface area contributed by atoms with Crippen LogP contribution >= 0.6 is 0 Å². The van der Waals surface area contributed by atoms with E-state index in [1.54, 1.807) is 20.1 Å². The van der Waals surface area contributed by atoms with E-state index in [1.807, 2.05) is 27.1 Å². The maximum atomic E-state index is 11.0. The molecule has 1 rings (SSSR count). The van der Waals surface area contributed by atoms with Crippen LogP contribution in [0.4, 0.5) is 5.69 Å². The Kier molecular flexibility index (Phi) is 7.06. The number of anilines is 1. The zero-order chi connectivity index (χ0) is 16.7. The summed E-state index contributed by atoms with van der Waals surface area (Å²) in [4.78, 5) is 13.1. The van der Waals surface area contributed by atoms with E-state index in [0.717, 1.165) is 11.1 Å². The normalized spacial score (nSPS) is 14.9. The summed E-state index contributed by atoms with van der Waals surface area (Å²) in [6.45, 7) is 5.68. The largest absolute Gasteiger partial charge is 0.378 e. The van der Waals surface area contributed by atoms with Gasteiger partial charge in [-0.15, -0.1) is 0 Å². The Hall–Kier alpha value is -1.87. The quantitative estimate of drug-likeness (QED) is 0.559. The number of ether oxygens (including phenoxy) is 1. The van der Waals surface area contributed by atoms with Crippen molar-refractivity contribution in [1.82, 2.24) is 0 Å². The molecule has 2 unspecified atom stereocenters. The van der Waals surface area contributed by atoms with Crippen LogP contribution in [0.3, 0.4) is 0 Å². The number of carbonyl (C=O) groups excluding carboxylic acids is 1. The molecule has 0 aliphatic carbocycles. The maximum Gasteiger partial charge on any atom is 0.152 e. The second kappa shape index (κ2) is 8.54. The molecule has 0 amide bonds. The monoisotopic (exact) mass is 301 g/mol. The topological polar surface area (TPSA) is 29.5 Å². The average Bonchev–Trinajstić information content (AvgIpc) is 2.46. The summed E-state index contributed by atoms with van der Waals surface area (Å²) in [5, 5.41) is 0. The molecule has 0 aliphatic rings. The van der Waals surface area contributed by atoms with E-state index in [9.17, 15) is 4.79 Å². The lowest BCUT2D eigenvalue weighted by Crippen LogP contribution is -2.12. The standard InChI is InChI=1S/C19H27NO2/c1-14(7-8-16(3)21)13-15(2)19(22-6)17-9-11-18(12-10-17)20(4)5/h7-13,15,19H,1-6H3/b8-7+,14-13+. The third-order valence-electron chi connectivity index (χ3n) is 3.58. The summed E-state index contributed by atoms with van der Waals surface area (Å²) in [6.07, 6.45) is 5.57.